The van der Waals surface area contributed by atoms with Crippen molar-refractivity contribution in [1.29, 1.82) is 0 Å². The second-order valence-corrected chi connectivity index (χ2v) is 9.23. The lowest BCUT2D eigenvalue weighted by atomic mass is 10.1. The van der Waals surface area contributed by atoms with Gasteiger partial charge in [0, 0.05) is 18.9 Å². The van der Waals surface area contributed by atoms with Gasteiger partial charge in [-0.3, -0.25) is 9.36 Å². The molecule has 1 unspecified atom stereocenters. The van der Waals surface area contributed by atoms with E-state index < -0.39 is 0 Å². The number of aromatic nitrogens is 6. The van der Waals surface area contributed by atoms with Crippen molar-refractivity contribution in [2.45, 2.75) is 24.0 Å². The third-order valence-corrected chi connectivity index (χ3v) is 6.96. The first kappa shape index (κ1) is 21.1. The molecule has 0 saturated carbocycles. The molecule has 34 heavy (non-hydrogen) atoms. The molecule has 0 bridgehead atoms. The quantitative estimate of drug-likeness (QED) is 0.343. The van der Waals surface area contributed by atoms with Gasteiger partial charge in [0.2, 0.25) is 5.16 Å². The number of thioether (sulfide) groups is 1. The first-order valence-electron chi connectivity index (χ1n) is 10.9. The van der Waals surface area contributed by atoms with Crippen molar-refractivity contribution in [3.05, 3.63) is 82.1 Å². The fourth-order valence-corrected chi connectivity index (χ4v) is 5.22. The fourth-order valence-electron chi connectivity index (χ4n) is 4.62. The zero-order valence-electron chi connectivity index (χ0n) is 18.3. The number of benzene rings is 2. The van der Waals surface area contributed by atoms with Gasteiger partial charge >= 0.3 is 0 Å². The first-order valence-corrected chi connectivity index (χ1v) is 12.5. The number of halogens is 1. The van der Waals surface area contributed by atoms with E-state index in [1.165, 1.54) is 11.8 Å². The molecule has 1 fully saturated rings. The maximum atomic E-state index is 13.8. The Kier molecular flexibility index (Phi) is 5.23. The first-order chi connectivity index (χ1) is 16.7. The Balaban J connectivity index is 1.61. The highest BCUT2D eigenvalue weighted by Crippen LogP contribution is 2.37. The summed E-state index contributed by atoms with van der Waals surface area (Å²) in [5.74, 6) is 1.41. The summed E-state index contributed by atoms with van der Waals surface area (Å²) >= 11 is 7.93. The van der Waals surface area contributed by atoms with Gasteiger partial charge in [0.1, 0.15) is 5.82 Å². The minimum Gasteiger partial charge on any atom is -0.343 e. The molecule has 0 spiro atoms. The maximum Gasteiger partial charge on any atom is 0.267 e. The molecule has 1 aliphatic rings. The topological polar surface area (TPSA) is 81.2 Å². The van der Waals surface area contributed by atoms with Crippen molar-refractivity contribution in [2.24, 2.45) is 0 Å². The Morgan fingerprint density at radius 1 is 1.09 bits per heavy atom. The molecule has 170 valence electrons. The van der Waals surface area contributed by atoms with E-state index in [0.29, 0.717) is 32.6 Å². The second-order valence-electron chi connectivity index (χ2n) is 8.05. The molecule has 4 heterocycles. The second kappa shape index (κ2) is 8.41. The summed E-state index contributed by atoms with van der Waals surface area (Å²) in [6.45, 7) is 0.774. The smallest absolute Gasteiger partial charge is 0.267 e. The number of anilines is 1. The van der Waals surface area contributed by atoms with E-state index in [9.17, 15) is 4.79 Å². The van der Waals surface area contributed by atoms with Crippen molar-refractivity contribution in [3.8, 4) is 5.69 Å². The number of nitrogens with zero attached hydrogens (tertiary/aromatic N) is 7. The summed E-state index contributed by atoms with van der Waals surface area (Å²) in [5, 5.41) is 5.98. The number of rotatable bonds is 4. The lowest BCUT2D eigenvalue weighted by Crippen LogP contribution is -2.32. The van der Waals surface area contributed by atoms with Crippen LogP contribution in [0.4, 0.5) is 5.82 Å². The predicted molar refractivity (Wildman–Crippen MR) is 134 cm³/mol. The van der Waals surface area contributed by atoms with Gasteiger partial charge in [0.05, 0.1) is 27.7 Å². The van der Waals surface area contributed by atoms with Crippen LogP contribution < -0.4 is 10.5 Å². The average molecular weight is 490 g/mol. The third-order valence-electron chi connectivity index (χ3n) is 6.11. The van der Waals surface area contributed by atoms with Gasteiger partial charge in [-0.15, -0.1) is 5.10 Å². The minimum absolute atomic E-state index is 0.165. The maximum absolute atomic E-state index is 13.8. The standard InChI is InChI=1S/C24H20ClN7OS/c1-34-24-28-22(21-26-12-14-31(21)29-24)30-13-6-11-18(30)20-27-17-10-5-9-16(25)19(17)23(33)32(20)15-7-3-2-4-8-15/h2-5,7-10,12,14,18H,6,11,13H2,1H3. The summed E-state index contributed by atoms with van der Waals surface area (Å²) in [6.07, 6.45) is 7.26. The van der Waals surface area contributed by atoms with Gasteiger partial charge in [-0.25, -0.2) is 14.5 Å². The van der Waals surface area contributed by atoms with Gasteiger partial charge in [0.25, 0.3) is 5.56 Å². The van der Waals surface area contributed by atoms with E-state index in [0.717, 1.165) is 30.9 Å². The number of hydrogen-bond acceptors (Lipinski definition) is 7. The van der Waals surface area contributed by atoms with Gasteiger partial charge in [-0.1, -0.05) is 47.6 Å². The Morgan fingerprint density at radius 2 is 1.94 bits per heavy atom. The van der Waals surface area contributed by atoms with Crippen molar-refractivity contribution < 1.29 is 0 Å². The SMILES string of the molecule is CSc1nc(N2CCCC2c2nc3cccc(Cl)c3c(=O)n2-c2ccccc2)c2nccn2n1. The molecule has 0 radical (unpaired) electrons. The number of fused-ring (bicyclic) bond motifs is 2. The minimum atomic E-state index is -0.179. The van der Waals surface area contributed by atoms with Crippen molar-refractivity contribution >= 4 is 45.7 Å². The van der Waals surface area contributed by atoms with Crippen molar-refractivity contribution in [2.75, 3.05) is 17.7 Å². The molecular formula is C24H20ClN7OS. The molecule has 5 aromatic rings. The monoisotopic (exact) mass is 489 g/mol. The zero-order chi connectivity index (χ0) is 23.2. The summed E-state index contributed by atoms with van der Waals surface area (Å²) in [4.78, 5) is 30.3. The van der Waals surface area contributed by atoms with Crippen LogP contribution in [0.3, 0.4) is 0 Å². The third kappa shape index (κ3) is 3.35. The molecular weight excluding hydrogens is 470 g/mol. The highest BCUT2D eigenvalue weighted by molar-refractivity contribution is 7.98. The van der Waals surface area contributed by atoms with Crippen molar-refractivity contribution in [1.82, 2.24) is 29.1 Å². The van der Waals surface area contributed by atoms with Crippen LogP contribution in [0.1, 0.15) is 24.7 Å². The van der Waals surface area contributed by atoms with Crippen LogP contribution in [0.15, 0.2) is 70.9 Å². The Morgan fingerprint density at radius 3 is 2.76 bits per heavy atom. The van der Waals surface area contributed by atoms with E-state index in [2.05, 4.69) is 15.0 Å². The highest BCUT2D eigenvalue weighted by atomic mass is 35.5. The van der Waals surface area contributed by atoms with Crippen molar-refractivity contribution in [3.63, 3.8) is 0 Å². The largest absolute Gasteiger partial charge is 0.343 e. The van der Waals surface area contributed by atoms with Gasteiger partial charge < -0.3 is 4.90 Å². The van der Waals surface area contributed by atoms with Gasteiger partial charge in [0.15, 0.2) is 11.5 Å². The summed E-state index contributed by atoms with van der Waals surface area (Å²) in [5.41, 5.74) is 1.84. The van der Waals surface area contributed by atoms with Crippen LogP contribution in [0.25, 0.3) is 22.2 Å². The molecule has 10 heteroatoms. The fraction of sp³-hybridized carbons (Fsp3) is 0.208. The molecule has 8 nitrogen and oxygen atoms in total. The molecule has 3 aromatic heterocycles. The van der Waals surface area contributed by atoms with E-state index >= 15 is 0 Å². The summed E-state index contributed by atoms with van der Waals surface area (Å²) in [6, 6.07) is 14.8. The normalized spacial score (nSPS) is 16.1. The van der Waals surface area contributed by atoms with E-state index in [1.807, 2.05) is 54.9 Å². The lowest BCUT2D eigenvalue weighted by molar-refractivity contribution is 0.627. The highest BCUT2D eigenvalue weighted by Gasteiger charge is 2.34. The molecule has 1 atom stereocenters. The van der Waals surface area contributed by atoms with Crippen LogP contribution >= 0.6 is 23.4 Å². The number of para-hydroxylation sites is 1. The van der Waals surface area contributed by atoms with E-state index in [-0.39, 0.29) is 11.6 Å². The molecule has 0 amide bonds. The average Bonchev–Trinajstić information content (AvgIpc) is 3.53. The van der Waals surface area contributed by atoms with E-state index in [1.54, 1.807) is 21.3 Å². The Hall–Kier alpha value is -3.43. The molecule has 1 aliphatic heterocycles. The van der Waals surface area contributed by atoms with Gasteiger partial charge in [-0.05, 0) is 43.4 Å². The number of imidazole rings is 1. The molecule has 6 rings (SSSR count). The van der Waals surface area contributed by atoms with Crippen LogP contribution in [-0.2, 0) is 0 Å². The molecule has 2 aromatic carbocycles. The van der Waals surface area contributed by atoms with Crippen LogP contribution in [0.5, 0.6) is 0 Å². The molecule has 1 saturated heterocycles. The number of hydrogen-bond donors (Lipinski definition) is 0. The Labute approximate surface area is 204 Å². The zero-order valence-corrected chi connectivity index (χ0v) is 19.9. The Bertz CT molecular complexity index is 1580. The molecule has 0 N–H and O–H groups in total. The summed E-state index contributed by atoms with van der Waals surface area (Å²) in [7, 11) is 0. The summed E-state index contributed by atoms with van der Waals surface area (Å²) < 4.78 is 3.44. The van der Waals surface area contributed by atoms with E-state index in [4.69, 9.17) is 21.6 Å². The van der Waals surface area contributed by atoms with Crippen LogP contribution in [-0.4, -0.2) is 41.9 Å². The predicted octanol–water partition coefficient (Wildman–Crippen LogP) is 4.54. The lowest BCUT2D eigenvalue weighted by Gasteiger charge is -2.28. The molecule has 0 aliphatic carbocycles. The van der Waals surface area contributed by atoms with Crippen LogP contribution in [0.2, 0.25) is 5.02 Å². The van der Waals surface area contributed by atoms with Crippen LogP contribution in [0, 0.1) is 0 Å². The van der Waals surface area contributed by atoms with Gasteiger partial charge in [-0.2, -0.15) is 4.98 Å².